The Labute approximate surface area is 114 Å². The minimum absolute atomic E-state index is 0.0290. The zero-order chi connectivity index (χ0) is 13.7. The fourth-order valence-electron chi connectivity index (χ4n) is 3.18. The molecule has 0 spiro atoms. The van der Waals surface area contributed by atoms with Gasteiger partial charge in [0.1, 0.15) is 6.04 Å². The number of hydrogen-bond acceptors (Lipinski definition) is 3. The predicted molar refractivity (Wildman–Crippen MR) is 71.8 cm³/mol. The summed E-state index contributed by atoms with van der Waals surface area (Å²) in [5.41, 5.74) is 0. The third-order valence-corrected chi connectivity index (χ3v) is 4.31. The largest absolute Gasteiger partial charge is 0.480 e. The van der Waals surface area contributed by atoms with Gasteiger partial charge in [-0.1, -0.05) is 19.3 Å². The quantitative estimate of drug-likeness (QED) is 0.787. The Hall–Kier alpha value is -1.10. The maximum Gasteiger partial charge on any atom is 0.320 e. The fourth-order valence-corrected chi connectivity index (χ4v) is 3.18. The first-order valence-corrected chi connectivity index (χ1v) is 7.40. The number of nitrogens with zero attached hydrogens (tertiary/aromatic N) is 1. The van der Waals surface area contributed by atoms with E-state index in [0.717, 1.165) is 13.0 Å². The minimum atomic E-state index is -0.808. The standard InChI is InChI=1S/C14H24N2O3/c17-13(15-9-11-5-2-1-3-6-11)10-16-8-4-7-12(16)14(18)19/h11-12H,1-10H2,(H,15,17)(H,18,19)/t12-/m0/s1. The van der Waals surface area contributed by atoms with E-state index in [9.17, 15) is 9.59 Å². The van der Waals surface area contributed by atoms with Crippen molar-refractivity contribution in [3.8, 4) is 0 Å². The molecular weight excluding hydrogens is 244 g/mol. The van der Waals surface area contributed by atoms with Crippen molar-refractivity contribution in [3.05, 3.63) is 0 Å². The van der Waals surface area contributed by atoms with Crippen LogP contribution in [0.5, 0.6) is 0 Å². The van der Waals surface area contributed by atoms with Crippen LogP contribution in [0.4, 0.5) is 0 Å². The monoisotopic (exact) mass is 268 g/mol. The zero-order valence-corrected chi connectivity index (χ0v) is 11.4. The van der Waals surface area contributed by atoms with E-state index < -0.39 is 12.0 Å². The molecule has 0 unspecified atom stereocenters. The van der Waals surface area contributed by atoms with Crippen LogP contribution in [0, 0.1) is 5.92 Å². The van der Waals surface area contributed by atoms with Crippen LogP contribution in [0.25, 0.3) is 0 Å². The van der Waals surface area contributed by atoms with Gasteiger partial charge in [0, 0.05) is 6.54 Å². The van der Waals surface area contributed by atoms with Crippen molar-refractivity contribution < 1.29 is 14.7 Å². The van der Waals surface area contributed by atoms with Gasteiger partial charge in [-0.2, -0.15) is 0 Å². The average molecular weight is 268 g/mol. The molecule has 0 bridgehead atoms. The van der Waals surface area contributed by atoms with Gasteiger partial charge in [0.25, 0.3) is 0 Å². The Morgan fingerprint density at radius 2 is 1.84 bits per heavy atom. The summed E-state index contributed by atoms with van der Waals surface area (Å²) in [6.07, 6.45) is 7.81. The number of carboxylic acids is 1. The topological polar surface area (TPSA) is 69.6 Å². The molecular formula is C14H24N2O3. The number of amides is 1. The van der Waals surface area contributed by atoms with Gasteiger partial charge >= 0.3 is 5.97 Å². The third-order valence-electron chi connectivity index (χ3n) is 4.31. The molecule has 0 radical (unpaired) electrons. The van der Waals surface area contributed by atoms with E-state index in [4.69, 9.17) is 5.11 Å². The van der Waals surface area contributed by atoms with Gasteiger partial charge < -0.3 is 10.4 Å². The first kappa shape index (κ1) is 14.3. The second kappa shape index (κ2) is 6.89. The molecule has 0 aromatic heterocycles. The molecule has 1 atom stereocenters. The molecule has 0 aromatic carbocycles. The van der Waals surface area contributed by atoms with Crippen molar-refractivity contribution >= 4 is 11.9 Å². The number of carbonyl (C=O) groups excluding carboxylic acids is 1. The number of carbonyl (C=O) groups is 2. The second-order valence-electron chi connectivity index (χ2n) is 5.77. The third kappa shape index (κ3) is 4.20. The molecule has 2 aliphatic rings. The molecule has 1 heterocycles. The predicted octanol–water partition coefficient (Wildman–Crippen LogP) is 1.23. The molecule has 0 aromatic rings. The smallest absolute Gasteiger partial charge is 0.320 e. The van der Waals surface area contributed by atoms with Crippen LogP contribution in [0.15, 0.2) is 0 Å². The summed E-state index contributed by atoms with van der Waals surface area (Å²) < 4.78 is 0. The summed E-state index contributed by atoms with van der Waals surface area (Å²) in [5.74, 6) is -0.220. The van der Waals surface area contributed by atoms with Gasteiger partial charge in [-0.15, -0.1) is 0 Å². The Kier molecular flexibility index (Phi) is 5.19. The molecule has 1 aliphatic carbocycles. The van der Waals surface area contributed by atoms with Gasteiger partial charge in [-0.05, 0) is 38.1 Å². The lowest BCUT2D eigenvalue weighted by atomic mass is 9.89. The van der Waals surface area contributed by atoms with Crippen LogP contribution >= 0.6 is 0 Å². The van der Waals surface area contributed by atoms with Crippen LogP contribution in [0.2, 0.25) is 0 Å². The van der Waals surface area contributed by atoms with Crippen molar-refractivity contribution in [2.75, 3.05) is 19.6 Å². The SMILES string of the molecule is O=C(CN1CCC[C@H]1C(=O)O)NCC1CCCCC1. The van der Waals surface area contributed by atoms with E-state index in [2.05, 4.69) is 5.32 Å². The highest BCUT2D eigenvalue weighted by Gasteiger charge is 2.31. The van der Waals surface area contributed by atoms with Crippen molar-refractivity contribution in [1.29, 1.82) is 0 Å². The molecule has 19 heavy (non-hydrogen) atoms. The summed E-state index contributed by atoms with van der Waals surface area (Å²) in [6, 6.07) is -0.472. The van der Waals surface area contributed by atoms with Crippen molar-refractivity contribution in [2.45, 2.75) is 51.0 Å². The highest BCUT2D eigenvalue weighted by atomic mass is 16.4. The van der Waals surface area contributed by atoms with Crippen molar-refractivity contribution in [3.63, 3.8) is 0 Å². The first-order valence-electron chi connectivity index (χ1n) is 7.40. The number of hydrogen-bond donors (Lipinski definition) is 2. The molecule has 2 N–H and O–H groups in total. The molecule has 5 heteroatoms. The molecule has 108 valence electrons. The number of likely N-dealkylation sites (tertiary alicyclic amines) is 1. The number of carboxylic acid groups (broad SMARTS) is 1. The summed E-state index contributed by atoms with van der Waals surface area (Å²) in [4.78, 5) is 24.7. The lowest BCUT2D eigenvalue weighted by Gasteiger charge is -2.23. The molecule has 2 fully saturated rings. The van der Waals surface area contributed by atoms with E-state index in [0.29, 0.717) is 18.9 Å². The Morgan fingerprint density at radius 3 is 2.53 bits per heavy atom. The van der Waals surface area contributed by atoms with Crippen LogP contribution < -0.4 is 5.32 Å². The summed E-state index contributed by atoms with van der Waals surface area (Å²) in [5, 5.41) is 12.0. The van der Waals surface area contributed by atoms with Gasteiger partial charge in [-0.25, -0.2) is 0 Å². The molecule has 1 aliphatic heterocycles. The van der Waals surface area contributed by atoms with E-state index in [-0.39, 0.29) is 12.5 Å². The Balaban J connectivity index is 1.70. The van der Waals surface area contributed by atoms with Crippen LogP contribution in [0.3, 0.4) is 0 Å². The van der Waals surface area contributed by atoms with Crippen LogP contribution in [0.1, 0.15) is 44.9 Å². The Morgan fingerprint density at radius 1 is 1.11 bits per heavy atom. The maximum absolute atomic E-state index is 11.9. The van der Waals surface area contributed by atoms with Crippen LogP contribution in [-0.2, 0) is 9.59 Å². The van der Waals surface area contributed by atoms with E-state index >= 15 is 0 Å². The highest BCUT2D eigenvalue weighted by Crippen LogP contribution is 2.22. The maximum atomic E-state index is 11.9. The summed E-state index contributed by atoms with van der Waals surface area (Å²) in [6.45, 7) is 1.70. The molecule has 1 amide bonds. The normalized spacial score (nSPS) is 25.4. The van der Waals surface area contributed by atoms with Crippen LogP contribution in [-0.4, -0.2) is 47.6 Å². The second-order valence-corrected chi connectivity index (χ2v) is 5.77. The van der Waals surface area contributed by atoms with Gasteiger partial charge in [0.05, 0.1) is 6.54 Å². The van der Waals surface area contributed by atoms with Crippen molar-refractivity contribution in [2.24, 2.45) is 5.92 Å². The van der Waals surface area contributed by atoms with Gasteiger partial charge in [-0.3, -0.25) is 14.5 Å². The van der Waals surface area contributed by atoms with E-state index in [1.165, 1.54) is 32.1 Å². The lowest BCUT2D eigenvalue weighted by molar-refractivity contribution is -0.142. The molecule has 1 saturated heterocycles. The fraction of sp³-hybridized carbons (Fsp3) is 0.857. The van der Waals surface area contributed by atoms with E-state index in [1.54, 1.807) is 4.90 Å². The number of nitrogens with one attached hydrogen (secondary N) is 1. The highest BCUT2D eigenvalue weighted by molar-refractivity contribution is 5.80. The minimum Gasteiger partial charge on any atom is -0.480 e. The lowest BCUT2D eigenvalue weighted by Crippen LogP contribution is -2.44. The molecule has 1 saturated carbocycles. The average Bonchev–Trinajstić information content (AvgIpc) is 2.86. The summed E-state index contributed by atoms with van der Waals surface area (Å²) >= 11 is 0. The van der Waals surface area contributed by atoms with Gasteiger partial charge in [0.15, 0.2) is 0 Å². The number of rotatable bonds is 5. The molecule has 5 nitrogen and oxygen atoms in total. The van der Waals surface area contributed by atoms with E-state index in [1.807, 2.05) is 0 Å². The summed E-state index contributed by atoms with van der Waals surface area (Å²) in [7, 11) is 0. The first-order chi connectivity index (χ1) is 9.16. The Bertz CT molecular complexity index is 327. The van der Waals surface area contributed by atoms with Gasteiger partial charge in [0.2, 0.25) is 5.91 Å². The molecule has 2 rings (SSSR count). The van der Waals surface area contributed by atoms with Crippen molar-refractivity contribution in [1.82, 2.24) is 10.2 Å². The zero-order valence-electron chi connectivity index (χ0n) is 11.4. The number of aliphatic carboxylic acids is 1.